The van der Waals surface area contributed by atoms with Crippen molar-refractivity contribution in [2.75, 3.05) is 31.1 Å². The van der Waals surface area contributed by atoms with Crippen LogP contribution in [0.5, 0.6) is 0 Å². The molecule has 5 heteroatoms. The molecule has 2 aliphatic heterocycles. The third kappa shape index (κ3) is 2.62. The molecule has 1 aromatic rings. The normalized spacial score (nSPS) is 21.5. The van der Waals surface area contributed by atoms with Gasteiger partial charge in [-0.2, -0.15) is 0 Å². The maximum Gasteiger partial charge on any atom is 0.219 e. The average Bonchev–Trinajstić information content (AvgIpc) is 2.83. The van der Waals surface area contributed by atoms with E-state index in [-0.39, 0.29) is 5.91 Å². The summed E-state index contributed by atoms with van der Waals surface area (Å²) in [7, 11) is 0. The molecule has 3 rings (SSSR count). The third-order valence-electron chi connectivity index (χ3n) is 4.73. The smallest absolute Gasteiger partial charge is 0.219 e. The van der Waals surface area contributed by atoms with Crippen molar-refractivity contribution in [3.8, 4) is 0 Å². The number of piperidine rings is 1. The van der Waals surface area contributed by atoms with E-state index in [0.29, 0.717) is 10.6 Å². The fraction of sp³-hybridized carbons (Fsp3) is 0.600. The number of aromatic nitrogens is 1. The first-order chi connectivity index (χ1) is 9.58. The minimum absolute atomic E-state index is 0.200. The summed E-state index contributed by atoms with van der Waals surface area (Å²) in [6, 6.07) is 5.78. The van der Waals surface area contributed by atoms with E-state index in [1.54, 1.807) is 6.92 Å². The molecule has 108 valence electrons. The Morgan fingerprint density at radius 3 is 2.60 bits per heavy atom. The number of halogens is 1. The summed E-state index contributed by atoms with van der Waals surface area (Å²) >= 11 is 5.97. The molecule has 0 atom stereocenters. The quantitative estimate of drug-likeness (QED) is 0.747. The fourth-order valence-electron chi connectivity index (χ4n) is 3.41. The van der Waals surface area contributed by atoms with Gasteiger partial charge >= 0.3 is 0 Å². The molecular formula is C15H20ClN3O. The highest BCUT2D eigenvalue weighted by Crippen LogP contribution is 2.41. The van der Waals surface area contributed by atoms with Crippen LogP contribution in [0.15, 0.2) is 18.2 Å². The maximum atomic E-state index is 11.4. The molecule has 0 aliphatic carbocycles. The first kappa shape index (κ1) is 13.7. The molecule has 20 heavy (non-hydrogen) atoms. The monoisotopic (exact) mass is 293 g/mol. The highest BCUT2D eigenvalue weighted by molar-refractivity contribution is 6.29. The largest absolute Gasteiger partial charge is 0.356 e. The molecule has 4 nitrogen and oxygen atoms in total. The predicted octanol–water partition coefficient (Wildman–Crippen LogP) is 2.57. The minimum Gasteiger partial charge on any atom is -0.356 e. The van der Waals surface area contributed by atoms with E-state index in [1.165, 1.54) is 6.42 Å². The Hall–Kier alpha value is -1.29. The zero-order valence-electron chi connectivity index (χ0n) is 11.8. The van der Waals surface area contributed by atoms with Crippen LogP contribution in [0.2, 0.25) is 5.15 Å². The Labute approximate surface area is 124 Å². The maximum absolute atomic E-state index is 11.4. The number of amides is 1. The number of nitrogens with zero attached hydrogens (tertiary/aromatic N) is 3. The van der Waals surface area contributed by atoms with Crippen molar-refractivity contribution in [3.05, 3.63) is 23.4 Å². The number of hydrogen-bond acceptors (Lipinski definition) is 3. The number of carbonyl (C=O) groups excluding carboxylic acids is 1. The van der Waals surface area contributed by atoms with Crippen LogP contribution in [-0.2, 0) is 4.79 Å². The van der Waals surface area contributed by atoms with Gasteiger partial charge in [-0.3, -0.25) is 4.79 Å². The predicted molar refractivity (Wildman–Crippen MR) is 80.0 cm³/mol. The molecule has 3 heterocycles. The number of pyridine rings is 1. The van der Waals surface area contributed by atoms with Gasteiger partial charge in [-0.15, -0.1) is 0 Å². The van der Waals surface area contributed by atoms with E-state index in [9.17, 15) is 4.79 Å². The first-order valence-electron chi connectivity index (χ1n) is 7.21. The van der Waals surface area contributed by atoms with Crippen LogP contribution in [0.1, 0.15) is 26.2 Å². The van der Waals surface area contributed by atoms with Gasteiger partial charge in [-0.05, 0) is 36.8 Å². The Morgan fingerprint density at radius 1 is 1.25 bits per heavy atom. The first-order valence-corrected chi connectivity index (χ1v) is 7.59. The highest BCUT2D eigenvalue weighted by Gasteiger charge is 2.41. The second-order valence-electron chi connectivity index (χ2n) is 6.00. The van der Waals surface area contributed by atoms with Gasteiger partial charge in [0, 0.05) is 33.1 Å². The summed E-state index contributed by atoms with van der Waals surface area (Å²) in [4.78, 5) is 20.1. The lowest BCUT2D eigenvalue weighted by atomic mass is 9.78. The number of likely N-dealkylation sites (tertiary alicyclic amines) is 1. The van der Waals surface area contributed by atoms with E-state index in [1.807, 2.05) is 23.1 Å². The van der Waals surface area contributed by atoms with Crippen molar-refractivity contribution in [1.82, 2.24) is 9.88 Å². The molecule has 0 unspecified atom stereocenters. The number of anilines is 1. The van der Waals surface area contributed by atoms with Gasteiger partial charge in [0.1, 0.15) is 11.0 Å². The topological polar surface area (TPSA) is 36.4 Å². The van der Waals surface area contributed by atoms with Gasteiger partial charge in [0.2, 0.25) is 5.91 Å². The van der Waals surface area contributed by atoms with Crippen molar-refractivity contribution >= 4 is 23.3 Å². The summed E-state index contributed by atoms with van der Waals surface area (Å²) in [6.07, 6.45) is 3.39. The van der Waals surface area contributed by atoms with Gasteiger partial charge in [-0.1, -0.05) is 17.7 Å². The van der Waals surface area contributed by atoms with Crippen molar-refractivity contribution in [3.63, 3.8) is 0 Å². The standard InChI is InChI=1S/C15H20ClN3O/c1-12(20)18-8-5-15(6-9-18)7-10-19(11-15)14-4-2-3-13(16)17-14/h2-4H,5-11H2,1H3. The Kier molecular flexibility index (Phi) is 3.59. The van der Waals surface area contributed by atoms with E-state index in [0.717, 1.165) is 44.8 Å². The number of rotatable bonds is 1. The second-order valence-corrected chi connectivity index (χ2v) is 6.38. The van der Waals surface area contributed by atoms with Gasteiger partial charge in [0.05, 0.1) is 0 Å². The zero-order valence-corrected chi connectivity index (χ0v) is 12.6. The van der Waals surface area contributed by atoms with Crippen LogP contribution >= 0.6 is 11.6 Å². The molecule has 2 saturated heterocycles. The highest BCUT2D eigenvalue weighted by atomic mass is 35.5. The summed E-state index contributed by atoms with van der Waals surface area (Å²) in [5.74, 6) is 1.18. The third-order valence-corrected chi connectivity index (χ3v) is 4.94. The SMILES string of the molecule is CC(=O)N1CCC2(CC1)CCN(c1cccc(Cl)n1)C2. The summed E-state index contributed by atoms with van der Waals surface area (Å²) < 4.78 is 0. The lowest BCUT2D eigenvalue weighted by Gasteiger charge is -2.39. The van der Waals surface area contributed by atoms with Gasteiger partial charge in [-0.25, -0.2) is 4.98 Å². The van der Waals surface area contributed by atoms with Gasteiger partial charge in [0.25, 0.3) is 0 Å². The number of hydrogen-bond donors (Lipinski definition) is 0. The van der Waals surface area contributed by atoms with Crippen LogP contribution in [0.3, 0.4) is 0 Å². The Morgan fingerprint density at radius 2 is 1.95 bits per heavy atom. The van der Waals surface area contributed by atoms with Crippen LogP contribution in [0.25, 0.3) is 0 Å². The lowest BCUT2D eigenvalue weighted by molar-refractivity contribution is -0.130. The van der Waals surface area contributed by atoms with E-state index in [2.05, 4.69) is 9.88 Å². The van der Waals surface area contributed by atoms with E-state index >= 15 is 0 Å². The minimum atomic E-state index is 0.200. The van der Waals surface area contributed by atoms with Crippen molar-refractivity contribution in [2.24, 2.45) is 5.41 Å². The van der Waals surface area contributed by atoms with E-state index in [4.69, 9.17) is 11.6 Å². The number of carbonyl (C=O) groups is 1. The molecule has 0 bridgehead atoms. The molecule has 2 aliphatic rings. The molecule has 0 radical (unpaired) electrons. The molecule has 1 aromatic heterocycles. The van der Waals surface area contributed by atoms with Crippen LogP contribution in [-0.4, -0.2) is 42.0 Å². The van der Waals surface area contributed by atoms with Crippen LogP contribution in [0, 0.1) is 5.41 Å². The fourth-order valence-corrected chi connectivity index (χ4v) is 3.57. The second kappa shape index (κ2) is 5.24. The van der Waals surface area contributed by atoms with Crippen molar-refractivity contribution < 1.29 is 4.79 Å². The molecule has 1 amide bonds. The molecule has 1 spiro atoms. The molecule has 0 saturated carbocycles. The van der Waals surface area contributed by atoms with Gasteiger partial charge < -0.3 is 9.80 Å². The lowest BCUT2D eigenvalue weighted by Crippen LogP contribution is -2.43. The zero-order chi connectivity index (χ0) is 14.2. The van der Waals surface area contributed by atoms with Crippen molar-refractivity contribution in [2.45, 2.75) is 26.2 Å². The molecule has 2 fully saturated rings. The molecule has 0 N–H and O–H groups in total. The average molecular weight is 294 g/mol. The Bertz CT molecular complexity index is 512. The molecule has 0 aromatic carbocycles. The van der Waals surface area contributed by atoms with Crippen molar-refractivity contribution in [1.29, 1.82) is 0 Å². The summed E-state index contributed by atoms with van der Waals surface area (Å²) in [5, 5.41) is 0.551. The van der Waals surface area contributed by atoms with Crippen LogP contribution in [0.4, 0.5) is 5.82 Å². The van der Waals surface area contributed by atoms with E-state index < -0.39 is 0 Å². The summed E-state index contributed by atoms with van der Waals surface area (Å²) in [6.45, 7) is 5.52. The Balaban J connectivity index is 1.67. The van der Waals surface area contributed by atoms with Crippen LogP contribution < -0.4 is 4.90 Å². The summed E-state index contributed by atoms with van der Waals surface area (Å²) in [5.41, 5.74) is 0.357. The molecular weight excluding hydrogens is 274 g/mol. The van der Waals surface area contributed by atoms with Gasteiger partial charge in [0.15, 0.2) is 0 Å².